The summed E-state index contributed by atoms with van der Waals surface area (Å²) < 4.78 is 7.70. The molecule has 2 aromatic rings. The van der Waals surface area contributed by atoms with Crippen molar-refractivity contribution in [1.82, 2.24) is 9.47 Å². The van der Waals surface area contributed by atoms with Crippen LogP contribution in [0.25, 0.3) is 10.9 Å². The second-order valence-electron chi connectivity index (χ2n) is 7.85. The van der Waals surface area contributed by atoms with Gasteiger partial charge in [-0.25, -0.2) is 0 Å². The van der Waals surface area contributed by atoms with Gasteiger partial charge in [-0.05, 0) is 43.5 Å². The van der Waals surface area contributed by atoms with Crippen LogP contribution >= 0.6 is 24.8 Å². The highest BCUT2D eigenvalue weighted by atomic mass is 35.5. The highest BCUT2D eigenvalue weighted by Gasteiger charge is 2.25. The molecular weight excluding hydrogens is 411 g/mol. The fourth-order valence-electron chi connectivity index (χ4n) is 4.26. The number of hydrogen-bond donors (Lipinski definition) is 2. The van der Waals surface area contributed by atoms with Crippen molar-refractivity contribution in [3.63, 3.8) is 0 Å². The van der Waals surface area contributed by atoms with E-state index in [0.29, 0.717) is 0 Å². The molecule has 0 spiro atoms. The molecule has 2 unspecified atom stereocenters. The molecule has 1 aliphatic heterocycles. The zero-order valence-corrected chi connectivity index (χ0v) is 18.4. The molecule has 1 amide bonds. The molecule has 1 saturated heterocycles. The van der Waals surface area contributed by atoms with Gasteiger partial charge >= 0.3 is 0 Å². The Morgan fingerprint density at radius 3 is 2.69 bits per heavy atom. The van der Waals surface area contributed by atoms with Gasteiger partial charge < -0.3 is 20.4 Å². The standard InChI is InChI=1S/C21H30N4O2.2ClH/c22-18-3-1-2-17(14-18)21(26)23-19-4-5-20-16(15-19)6-7-25(20)9-8-24-10-12-27-13-11-24;;/h4-7,15,17-18H,1-3,8-14,22H2,(H,23,26);2*1H. The first-order chi connectivity index (χ1) is 13.2. The number of rotatable bonds is 5. The number of hydrogen-bond acceptors (Lipinski definition) is 4. The molecule has 0 radical (unpaired) electrons. The SMILES string of the molecule is Cl.Cl.NC1CCCC(C(=O)Nc2ccc3c(ccn3CCN3CCOCC3)c2)C1. The number of ether oxygens (including phenoxy) is 1. The van der Waals surface area contributed by atoms with Gasteiger partial charge in [0.15, 0.2) is 0 Å². The fraction of sp³-hybridized carbons (Fsp3) is 0.571. The van der Waals surface area contributed by atoms with Crippen molar-refractivity contribution in [1.29, 1.82) is 0 Å². The predicted octanol–water partition coefficient (Wildman–Crippen LogP) is 3.27. The Kier molecular flexibility index (Phi) is 9.24. The second-order valence-corrected chi connectivity index (χ2v) is 7.85. The number of halogens is 2. The molecule has 2 fully saturated rings. The Labute approximate surface area is 184 Å². The van der Waals surface area contributed by atoms with Crippen LogP contribution in [0.2, 0.25) is 0 Å². The monoisotopic (exact) mass is 442 g/mol. The zero-order valence-electron chi connectivity index (χ0n) is 16.7. The van der Waals surface area contributed by atoms with Crippen LogP contribution in [0.15, 0.2) is 30.5 Å². The third kappa shape index (κ3) is 6.09. The highest BCUT2D eigenvalue weighted by Crippen LogP contribution is 2.26. The zero-order chi connectivity index (χ0) is 18.6. The van der Waals surface area contributed by atoms with Crippen molar-refractivity contribution in [2.75, 3.05) is 38.2 Å². The lowest BCUT2D eigenvalue weighted by molar-refractivity contribution is -0.120. The van der Waals surface area contributed by atoms with E-state index in [1.54, 1.807) is 0 Å². The molecule has 4 rings (SSSR count). The minimum atomic E-state index is 0. The molecule has 2 aliphatic rings. The molecule has 2 heterocycles. The third-order valence-electron chi connectivity index (χ3n) is 5.88. The molecule has 1 saturated carbocycles. The van der Waals surface area contributed by atoms with Gasteiger partial charge in [-0.2, -0.15) is 0 Å². The number of amides is 1. The number of carbonyl (C=O) groups is 1. The number of benzene rings is 1. The molecule has 3 N–H and O–H groups in total. The molecule has 29 heavy (non-hydrogen) atoms. The van der Waals surface area contributed by atoms with Crippen LogP contribution in [0.1, 0.15) is 25.7 Å². The quantitative estimate of drug-likeness (QED) is 0.744. The van der Waals surface area contributed by atoms with E-state index in [9.17, 15) is 4.79 Å². The van der Waals surface area contributed by atoms with Crippen molar-refractivity contribution in [3.05, 3.63) is 30.5 Å². The Morgan fingerprint density at radius 2 is 1.93 bits per heavy atom. The molecule has 1 aliphatic carbocycles. The average Bonchev–Trinajstić information content (AvgIpc) is 3.09. The number of nitrogens with zero attached hydrogens (tertiary/aromatic N) is 2. The minimum Gasteiger partial charge on any atom is -0.379 e. The lowest BCUT2D eigenvalue weighted by Gasteiger charge is -2.26. The maximum atomic E-state index is 12.5. The highest BCUT2D eigenvalue weighted by molar-refractivity contribution is 5.95. The van der Waals surface area contributed by atoms with E-state index in [2.05, 4.69) is 39.2 Å². The predicted molar refractivity (Wildman–Crippen MR) is 122 cm³/mol. The number of aromatic nitrogens is 1. The number of carbonyl (C=O) groups excluding carboxylic acids is 1. The second kappa shape index (κ2) is 11.2. The fourth-order valence-corrected chi connectivity index (χ4v) is 4.26. The van der Waals surface area contributed by atoms with Crippen LogP contribution in [-0.4, -0.2) is 54.3 Å². The van der Waals surface area contributed by atoms with Crippen LogP contribution in [0, 0.1) is 5.92 Å². The van der Waals surface area contributed by atoms with E-state index in [0.717, 1.165) is 76.1 Å². The smallest absolute Gasteiger partial charge is 0.227 e. The van der Waals surface area contributed by atoms with Crippen LogP contribution in [0.4, 0.5) is 5.69 Å². The Morgan fingerprint density at radius 1 is 1.14 bits per heavy atom. The van der Waals surface area contributed by atoms with Crippen LogP contribution in [0.5, 0.6) is 0 Å². The molecule has 1 aromatic heterocycles. The summed E-state index contributed by atoms with van der Waals surface area (Å²) in [5.41, 5.74) is 8.10. The van der Waals surface area contributed by atoms with Gasteiger partial charge in [0, 0.05) is 60.9 Å². The van der Waals surface area contributed by atoms with E-state index in [1.807, 2.05) is 6.07 Å². The van der Waals surface area contributed by atoms with E-state index in [4.69, 9.17) is 10.5 Å². The van der Waals surface area contributed by atoms with Gasteiger partial charge in [-0.1, -0.05) is 6.42 Å². The molecular formula is C21H32Cl2N4O2. The number of fused-ring (bicyclic) bond motifs is 1. The number of nitrogens with one attached hydrogen (secondary N) is 1. The van der Waals surface area contributed by atoms with E-state index >= 15 is 0 Å². The van der Waals surface area contributed by atoms with Gasteiger partial charge in [-0.3, -0.25) is 9.69 Å². The van der Waals surface area contributed by atoms with Crippen molar-refractivity contribution in [2.45, 2.75) is 38.3 Å². The summed E-state index contributed by atoms with van der Waals surface area (Å²) in [6, 6.07) is 8.48. The van der Waals surface area contributed by atoms with Crippen LogP contribution in [-0.2, 0) is 16.1 Å². The van der Waals surface area contributed by atoms with Crippen LogP contribution in [0.3, 0.4) is 0 Å². The van der Waals surface area contributed by atoms with E-state index in [1.165, 1.54) is 5.52 Å². The summed E-state index contributed by atoms with van der Waals surface area (Å²) in [4.78, 5) is 15.0. The maximum absolute atomic E-state index is 12.5. The normalized spacial score (nSPS) is 22.5. The Bertz CT molecular complexity index is 792. The summed E-state index contributed by atoms with van der Waals surface area (Å²) in [6.45, 7) is 5.70. The molecule has 8 heteroatoms. The summed E-state index contributed by atoms with van der Waals surface area (Å²) in [7, 11) is 0. The van der Waals surface area contributed by atoms with Gasteiger partial charge in [0.05, 0.1) is 13.2 Å². The summed E-state index contributed by atoms with van der Waals surface area (Å²) in [5, 5.41) is 4.25. The minimum absolute atomic E-state index is 0. The Hall–Kier alpha value is -1.31. The van der Waals surface area contributed by atoms with Gasteiger partial charge in [0.2, 0.25) is 5.91 Å². The summed E-state index contributed by atoms with van der Waals surface area (Å²) in [5.74, 6) is 0.152. The molecule has 1 aromatic carbocycles. The van der Waals surface area contributed by atoms with Crippen molar-refractivity contribution in [3.8, 4) is 0 Å². The molecule has 2 atom stereocenters. The van der Waals surface area contributed by atoms with Gasteiger partial charge in [-0.15, -0.1) is 24.8 Å². The number of anilines is 1. The van der Waals surface area contributed by atoms with Crippen LogP contribution < -0.4 is 11.1 Å². The number of nitrogens with two attached hydrogens (primary N) is 1. The lowest BCUT2D eigenvalue weighted by Crippen LogP contribution is -2.38. The lowest BCUT2D eigenvalue weighted by atomic mass is 9.85. The first kappa shape index (κ1) is 24.0. The van der Waals surface area contributed by atoms with Crippen molar-refractivity contribution < 1.29 is 9.53 Å². The molecule has 6 nitrogen and oxygen atoms in total. The molecule has 162 valence electrons. The van der Waals surface area contributed by atoms with E-state index in [-0.39, 0.29) is 42.7 Å². The average molecular weight is 443 g/mol. The van der Waals surface area contributed by atoms with Gasteiger partial charge in [0.1, 0.15) is 0 Å². The number of morpholine rings is 1. The first-order valence-corrected chi connectivity index (χ1v) is 10.1. The van der Waals surface area contributed by atoms with Gasteiger partial charge in [0.25, 0.3) is 0 Å². The molecule has 0 bridgehead atoms. The van der Waals surface area contributed by atoms with E-state index < -0.39 is 0 Å². The summed E-state index contributed by atoms with van der Waals surface area (Å²) in [6.07, 6.45) is 5.96. The largest absolute Gasteiger partial charge is 0.379 e. The topological polar surface area (TPSA) is 72.5 Å². The van der Waals surface area contributed by atoms with Crippen molar-refractivity contribution in [2.24, 2.45) is 11.7 Å². The third-order valence-corrected chi connectivity index (χ3v) is 5.88. The maximum Gasteiger partial charge on any atom is 0.227 e. The van der Waals surface area contributed by atoms with Crippen molar-refractivity contribution >= 4 is 47.3 Å². The Balaban J connectivity index is 0.00000150. The first-order valence-electron chi connectivity index (χ1n) is 10.1. The summed E-state index contributed by atoms with van der Waals surface area (Å²) >= 11 is 0.